The van der Waals surface area contributed by atoms with Gasteiger partial charge in [-0.3, -0.25) is 14.4 Å². The second-order valence-corrected chi connectivity index (χ2v) is 8.22. The van der Waals surface area contributed by atoms with E-state index in [1.807, 2.05) is 50.7 Å². The molecule has 7 nitrogen and oxygen atoms in total. The average Bonchev–Trinajstić information content (AvgIpc) is 3.02. The zero-order chi connectivity index (χ0) is 22.0. The second-order valence-electron chi connectivity index (χ2n) is 8.22. The number of nitrogens with zero attached hydrogens (tertiary/aromatic N) is 5. The van der Waals surface area contributed by atoms with Crippen molar-refractivity contribution in [3.8, 4) is 17.0 Å². The second kappa shape index (κ2) is 9.06. The number of aryl methyl sites for hydroxylation is 2. The zero-order valence-corrected chi connectivity index (χ0v) is 18.8. The molecule has 0 radical (unpaired) electrons. The van der Waals surface area contributed by atoms with Crippen LogP contribution < -0.4 is 10.3 Å². The lowest BCUT2D eigenvalue weighted by Gasteiger charge is -2.32. The lowest BCUT2D eigenvalue weighted by Crippen LogP contribution is -2.38. The molecule has 2 aromatic heterocycles. The van der Waals surface area contributed by atoms with E-state index in [0.717, 1.165) is 60.9 Å². The van der Waals surface area contributed by atoms with Crippen molar-refractivity contribution in [1.29, 1.82) is 0 Å². The van der Waals surface area contributed by atoms with Gasteiger partial charge in [-0.1, -0.05) is 18.2 Å². The number of likely N-dealkylation sites (tertiary alicyclic amines) is 1. The fourth-order valence-electron chi connectivity index (χ4n) is 4.46. The van der Waals surface area contributed by atoms with Crippen LogP contribution in [0.15, 0.2) is 41.2 Å². The Morgan fingerprint density at radius 2 is 1.81 bits per heavy atom. The predicted molar refractivity (Wildman–Crippen MR) is 121 cm³/mol. The fraction of sp³-hybridized carbons (Fsp3) is 0.458. The summed E-state index contributed by atoms with van der Waals surface area (Å²) in [7, 11) is 1.93. The lowest BCUT2D eigenvalue weighted by atomic mass is 10.0. The first-order chi connectivity index (χ1) is 15.0. The Bertz CT molecular complexity index is 1110. The van der Waals surface area contributed by atoms with E-state index in [-0.39, 0.29) is 11.6 Å². The van der Waals surface area contributed by atoms with Crippen molar-refractivity contribution >= 4 is 0 Å². The molecule has 1 saturated heterocycles. The van der Waals surface area contributed by atoms with E-state index in [1.165, 1.54) is 5.56 Å². The zero-order valence-electron chi connectivity index (χ0n) is 18.8. The van der Waals surface area contributed by atoms with Gasteiger partial charge in [0.15, 0.2) is 0 Å². The van der Waals surface area contributed by atoms with Gasteiger partial charge >= 0.3 is 0 Å². The predicted octanol–water partition coefficient (Wildman–Crippen LogP) is 3.50. The third kappa shape index (κ3) is 4.42. The van der Waals surface area contributed by atoms with E-state index in [1.54, 1.807) is 10.7 Å². The van der Waals surface area contributed by atoms with Crippen molar-refractivity contribution in [2.75, 3.05) is 19.7 Å². The Balaban J connectivity index is 1.49. The van der Waals surface area contributed by atoms with Crippen LogP contribution in [0.1, 0.15) is 42.8 Å². The quantitative estimate of drug-likeness (QED) is 0.610. The maximum absolute atomic E-state index is 12.6. The van der Waals surface area contributed by atoms with E-state index in [0.29, 0.717) is 6.61 Å². The van der Waals surface area contributed by atoms with Gasteiger partial charge in [-0.2, -0.15) is 10.2 Å². The van der Waals surface area contributed by atoms with Gasteiger partial charge < -0.3 is 4.74 Å². The topological polar surface area (TPSA) is 65.2 Å². The highest BCUT2D eigenvalue weighted by atomic mass is 16.5. The Morgan fingerprint density at radius 1 is 1.06 bits per heavy atom. The Labute approximate surface area is 183 Å². The molecule has 3 heterocycles. The number of para-hydroxylation sites is 1. The van der Waals surface area contributed by atoms with Crippen LogP contribution in [0.5, 0.6) is 5.75 Å². The minimum Gasteiger partial charge on any atom is -0.494 e. The lowest BCUT2D eigenvalue weighted by molar-refractivity contribution is 0.168. The van der Waals surface area contributed by atoms with Crippen molar-refractivity contribution in [2.24, 2.45) is 7.05 Å². The highest BCUT2D eigenvalue weighted by Gasteiger charge is 2.24. The van der Waals surface area contributed by atoms with E-state index in [4.69, 9.17) is 9.84 Å². The van der Waals surface area contributed by atoms with Crippen LogP contribution >= 0.6 is 0 Å². The van der Waals surface area contributed by atoms with Crippen molar-refractivity contribution < 1.29 is 4.74 Å². The van der Waals surface area contributed by atoms with E-state index < -0.39 is 0 Å². The molecule has 0 unspecified atom stereocenters. The van der Waals surface area contributed by atoms with Crippen molar-refractivity contribution in [3.63, 3.8) is 0 Å². The monoisotopic (exact) mass is 421 g/mol. The van der Waals surface area contributed by atoms with Crippen molar-refractivity contribution in [3.05, 3.63) is 63.7 Å². The van der Waals surface area contributed by atoms with Gasteiger partial charge in [-0.05, 0) is 45.7 Å². The summed E-state index contributed by atoms with van der Waals surface area (Å²) in [5, 5.41) is 9.26. The largest absolute Gasteiger partial charge is 0.494 e. The fourth-order valence-corrected chi connectivity index (χ4v) is 4.46. The van der Waals surface area contributed by atoms with Gasteiger partial charge in [-0.15, -0.1) is 0 Å². The maximum Gasteiger partial charge on any atom is 0.267 e. The van der Waals surface area contributed by atoms with Gasteiger partial charge in [0.25, 0.3) is 5.56 Å². The van der Waals surface area contributed by atoms with Crippen LogP contribution in [0.2, 0.25) is 0 Å². The Morgan fingerprint density at radius 3 is 2.48 bits per heavy atom. The van der Waals surface area contributed by atoms with Gasteiger partial charge in [-0.25, -0.2) is 4.68 Å². The number of piperidine rings is 1. The van der Waals surface area contributed by atoms with Crippen LogP contribution in [0.4, 0.5) is 0 Å². The molecule has 0 bridgehead atoms. The SMILES string of the molecule is CCOc1ccccc1CN1CCC(n2nc(-c3c(C)nn(C)c3C)ccc2=O)CC1. The molecule has 0 N–H and O–H groups in total. The van der Waals surface area contributed by atoms with Crippen LogP contribution in [0.3, 0.4) is 0 Å². The number of rotatable bonds is 6. The average molecular weight is 422 g/mol. The summed E-state index contributed by atoms with van der Waals surface area (Å²) in [6.07, 6.45) is 1.80. The van der Waals surface area contributed by atoms with E-state index in [2.05, 4.69) is 22.1 Å². The summed E-state index contributed by atoms with van der Waals surface area (Å²) < 4.78 is 9.32. The van der Waals surface area contributed by atoms with Crippen LogP contribution in [-0.2, 0) is 13.6 Å². The first kappa shape index (κ1) is 21.3. The van der Waals surface area contributed by atoms with E-state index in [9.17, 15) is 4.79 Å². The number of aromatic nitrogens is 4. The number of benzene rings is 1. The minimum absolute atomic E-state index is 0.0388. The molecule has 31 heavy (non-hydrogen) atoms. The summed E-state index contributed by atoms with van der Waals surface area (Å²) in [6, 6.07) is 11.8. The molecule has 3 aromatic rings. The Hall–Kier alpha value is -2.93. The first-order valence-corrected chi connectivity index (χ1v) is 11.0. The normalized spacial score (nSPS) is 15.4. The molecule has 0 amide bonds. The molecule has 164 valence electrons. The molecule has 1 fully saturated rings. The third-order valence-corrected chi connectivity index (χ3v) is 6.16. The van der Waals surface area contributed by atoms with Gasteiger partial charge in [0.2, 0.25) is 0 Å². The van der Waals surface area contributed by atoms with Gasteiger partial charge in [0.05, 0.1) is 24.0 Å². The van der Waals surface area contributed by atoms with E-state index >= 15 is 0 Å². The highest BCUT2D eigenvalue weighted by molar-refractivity contribution is 5.64. The number of ether oxygens (including phenoxy) is 1. The Kier molecular flexibility index (Phi) is 6.23. The standard InChI is InChI=1S/C24H31N5O2/c1-5-31-22-9-7-6-8-19(22)16-28-14-12-20(13-15-28)29-23(30)11-10-21(26-29)24-17(2)25-27(4)18(24)3/h6-11,20H,5,12-16H2,1-4H3. The highest BCUT2D eigenvalue weighted by Crippen LogP contribution is 2.27. The molecule has 0 spiro atoms. The molecule has 1 aromatic carbocycles. The molecular formula is C24H31N5O2. The number of hydrogen-bond donors (Lipinski definition) is 0. The van der Waals surface area contributed by atoms with Crippen molar-refractivity contribution in [1.82, 2.24) is 24.5 Å². The summed E-state index contributed by atoms with van der Waals surface area (Å²) in [5.41, 5.74) is 4.99. The summed E-state index contributed by atoms with van der Waals surface area (Å²) in [6.45, 7) is 9.40. The van der Waals surface area contributed by atoms with Gasteiger partial charge in [0.1, 0.15) is 5.75 Å². The minimum atomic E-state index is -0.0388. The smallest absolute Gasteiger partial charge is 0.267 e. The molecule has 4 rings (SSSR count). The molecule has 1 aliphatic rings. The molecule has 0 aliphatic carbocycles. The van der Waals surface area contributed by atoms with Crippen LogP contribution in [0.25, 0.3) is 11.3 Å². The third-order valence-electron chi connectivity index (χ3n) is 6.16. The molecular weight excluding hydrogens is 390 g/mol. The van der Waals surface area contributed by atoms with Crippen LogP contribution in [0, 0.1) is 13.8 Å². The molecule has 0 atom stereocenters. The van der Waals surface area contributed by atoms with Crippen molar-refractivity contribution in [2.45, 2.75) is 46.2 Å². The van der Waals surface area contributed by atoms with Crippen LogP contribution in [-0.4, -0.2) is 44.2 Å². The summed E-state index contributed by atoms with van der Waals surface area (Å²) in [5.74, 6) is 0.958. The molecule has 7 heteroatoms. The maximum atomic E-state index is 12.6. The number of hydrogen-bond acceptors (Lipinski definition) is 5. The molecule has 0 saturated carbocycles. The summed E-state index contributed by atoms with van der Waals surface area (Å²) >= 11 is 0. The summed E-state index contributed by atoms with van der Waals surface area (Å²) in [4.78, 5) is 15.0. The van der Waals surface area contributed by atoms with Gasteiger partial charge in [0, 0.05) is 49.6 Å². The molecule has 1 aliphatic heterocycles. The first-order valence-electron chi connectivity index (χ1n) is 11.0.